The van der Waals surface area contributed by atoms with E-state index in [2.05, 4.69) is 0 Å². The summed E-state index contributed by atoms with van der Waals surface area (Å²) in [6.45, 7) is 5.81. The summed E-state index contributed by atoms with van der Waals surface area (Å²) in [7, 11) is 0. The van der Waals surface area contributed by atoms with Crippen LogP contribution >= 0.6 is 58.0 Å². The third kappa shape index (κ3) is 3.27. The Bertz CT molecular complexity index is 413. The van der Waals surface area contributed by atoms with Gasteiger partial charge in [0.25, 0.3) is 0 Å². The van der Waals surface area contributed by atoms with Crippen molar-refractivity contribution in [1.29, 1.82) is 0 Å². The molecule has 0 N–H and O–H groups in total. The van der Waals surface area contributed by atoms with Gasteiger partial charge in [0.2, 0.25) is 0 Å². The molecule has 0 aliphatic heterocycles. The van der Waals surface area contributed by atoms with Crippen LogP contribution in [-0.4, -0.2) is 5.60 Å². The van der Waals surface area contributed by atoms with E-state index in [0.717, 1.165) is 6.42 Å². The first-order chi connectivity index (χ1) is 7.71. The Morgan fingerprint density at radius 1 is 0.824 bits per heavy atom. The molecule has 0 amide bonds. The van der Waals surface area contributed by atoms with Gasteiger partial charge in [-0.3, -0.25) is 0 Å². The van der Waals surface area contributed by atoms with Crippen LogP contribution in [0.15, 0.2) is 0 Å². The quantitative estimate of drug-likeness (QED) is 0.451. The van der Waals surface area contributed by atoms with Crippen molar-refractivity contribution in [2.24, 2.45) is 0 Å². The molecule has 1 nitrogen and oxygen atoms in total. The molecule has 0 spiro atoms. The van der Waals surface area contributed by atoms with Gasteiger partial charge in [-0.1, -0.05) is 64.9 Å². The van der Waals surface area contributed by atoms with Gasteiger partial charge in [0, 0.05) is 0 Å². The van der Waals surface area contributed by atoms with Crippen LogP contribution in [-0.2, 0) is 0 Å². The number of hydrogen-bond acceptors (Lipinski definition) is 1. The number of rotatable bonds is 3. The van der Waals surface area contributed by atoms with E-state index in [1.165, 1.54) is 0 Å². The van der Waals surface area contributed by atoms with Crippen molar-refractivity contribution in [2.45, 2.75) is 32.8 Å². The summed E-state index contributed by atoms with van der Waals surface area (Å²) in [6, 6.07) is 0. The molecule has 0 saturated carbocycles. The fraction of sp³-hybridized carbons (Fsp3) is 0.455. The Labute approximate surface area is 126 Å². The van der Waals surface area contributed by atoms with Gasteiger partial charge in [-0.05, 0) is 20.3 Å². The van der Waals surface area contributed by atoms with Crippen LogP contribution in [0.3, 0.4) is 0 Å². The molecule has 0 heterocycles. The van der Waals surface area contributed by atoms with E-state index < -0.39 is 5.60 Å². The Kier molecular flexibility index (Phi) is 5.14. The molecule has 0 aliphatic rings. The Morgan fingerprint density at radius 2 is 1.18 bits per heavy atom. The monoisotopic (exact) mass is 334 g/mol. The van der Waals surface area contributed by atoms with Crippen molar-refractivity contribution in [3.63, 3.8) is 0 Å². The molecule has 0 fully saturated rings. The van der Waals surface area contributed by atoms with Crippen molar-refractivity contribution in [3.05, 3.63) is 25.1 Å². The van der Waals surface area contributed by atoms with Crippen molar-refractivity contribution in [2.75, 3.05) is 0 Å². The molecule has 1 aromatic rings. The first kappa shape index (κ1) is 15.5. The van der Waals surface area contributed by atoms with Gasteiger partial charge in [-0.25, -0.2) is 0 Å². The summed E-state index contributed by atoms with van der Waals surface area (Å²) in [5, 5.41) is 0.763. The van der Waals surface area contributed by atoms with E-state index in [-0.39, 0.29) is 30.9 Å². The van der Waals surface area contributed by atoms with Crippen molar-refractivity contribution < 1.29 is 4.74 Å². The molecular weight excluding hydrogens is 325 g/mol. The van der Waals surface area contributed by atoms with E-state index in [4.69, 9.17) is 62.7 Å². The van der Waals surface area contributed by atoms with Crippen LogP contribution in [0.4, 0.5) is 0 Å². The van der Waals surface area contributed by atoms with Gasteiger partial charge in [0.1, 0.15) is 15.6 Å². The molecule has 0 atom stereocenters. The molecule has 1 rings (SSSR count). The molecular formula is C11H11Cl5O. The van der Waals surface area contributed by atoms with Crippen molar-refractivity contribution in [1.82, 2.24) is 0 Å². The molecule has 0 unspecified atom stereocenters. The van der Waals surface area contributed by atoms with Crippen molar-refractivity contribution in [3.8, 4) is 5.75 Å². The first-order valence-electron chi connectivity index (χ1n) is 4.91. The highest BCUT2D eigenvalue weighted by atomic mass is 35.5. The minimum absolute atomic E-state index is 0.130. The van der Waals surface area contributed by atoms with Crippen LogP contribution in [0, 0.1) is 0 Å². The minimum Gasteiger partial charge on any atom is -0.485 e. The van der Waals surface area contributed by atoms with E-state index in [0.29, 0.717) is 0 Å². The highest BCUT2D eigenvalue weighted by Crippen LogP contribution is 2.49. The third-order valence-electron chi connectivity index (χ3n) is 2.40. The van der Waals surface area contributed by atoms with Gasteiger partial charge >= 0.3 is 0 Å². The molecule has 17 heavy (non-hydrogen) atoms. The Morgan fingerprint density at radius 3 is 1.53 bits per heavy atom. The first-order valence-corrected chi connectivity index (χ1v) is 6.80. The van der Waals surface area contributed by atoms with Crippen LogP contribution in [0.2, 0.25) is 25.1 Å². The molecule has 0 bridgehead atoms. The fourth-order valence-corrected chi connectivity index (χ4v) is 2.22. The third-order valence-corrected chi connectivity index (χ3v) is 4.64. The van der Waals surface area contributed by atoms with Crippen LogP contribution in [0.5, 0.6) is 5.75 Å². The SMILES string of the molecule is CCC(C)(C)Oc1c(Cl)c(Cl)c(Cl)c(Cl)c1Cl. The summed E-state index contributed by atoms with van der Waals surface area (Å²) in [4.78, 5) is 0. The van der Waals surface area contributed by atoms with Crippen molar-refractivity contribution >= 4 is 58.0 Å². The van der Waals surface area contributed by atoms with E-state index in [1.807, 2.05) is 20.8 Å². The van der Waals surface area contributed by atoms with Crippen LogP contribution < -0.4 is 4.74 Å². The molecule has 0 radical (unpaired) electrons. The topological polar surface area (TPSA) is 9.23 Å². The second-order valence-corrected chi connectivity index (χ2v) is 6.00. The van der Waals surface area contributed by atoms with Gasteiger partial charge in [-0.2, -0.15) is 0 Å². The standard InChI is InChI=1S/C11H11Cl5O/c1-4-11(2,3)17-10-8(15)6(13)5(12)7(14)9(10)16/h4H2,1-3H3. The average Bonchev–Trinajstić information content (AvgIpc) is 2.30. The molecule has 1 aromatic carbocycles. The maximum atomic E-state index is 6.05. The number of hydrogen-bond donors (Lipinski definition) is 0. The lowest BCUT2D eigenvalue weighted by atomic mass is 10.1. The Hall–Kier alpha value is 0.470. The molecule has 0 aromatic heterocycles. The van der Waals surface area contributed by atoms with Gasteiger partial charge in [0.05, 0.1) is 15.1 Å². The minimum atomic E-state index is -0.423. The molecule has 0 saturated heterocycles. The predicted octanol–water partition coefficient (Wildman–Crippen LogP) is 6.52. The number of benzene rings is 1. The maximum Gasteiger partial charge on any atom is 0.160 e. The van der Waals surface area contributed by atoms with E-state index >= 15 is 0 Å². The lowest BCUT2D eigenvalue weighted by Gasteiger charge is -2.26. The second-order valence-electron chi connectivity index (χ2n) is 4.11. The van der Waals surface area contributed by atoms with Crippen LogP contribution in [0.1, 0.15) is 27.2 Å². The fourth-order valence-electron chi connectivity index (χ4n) is 1.02. The molecule has 0 aliphatic carbocycles. The van der Waals surface area contributed by atoms with Gasteiger partial charge in [-0.15, -0.1) is 0 Å². The maximum absolute atomic E-state index is 6.05. The largest absolute Gasteiger partial charge is 0.485 e. The summed E-state index contributed by atoms with van der Waals surface area (Å²) >= 11 is 29.9. The molecule has 96 valence electrons. The lowest BCUT2D eigenvalue weighted by molar-refractivity contribution is 0.105. The predicted molar refractivity (Wildman–Crippen MR) is 76.5 cm³/mol. The van der Waals surface area contributed by atoms with Gasteiger partial charge in [0.15, 0.2) is 5.75 Å². The number of ether oxygens (including phenoxy) is 1. The molecule has 6 heteroatoms. The number of halogens is 5. The second kappa shape index (κ2) is 5.63. The zero-order valence-corrected chi connectivity index (χ0v) is 13.3. The zero-order chi connectivity index (χ0) is 13.4. The Balaban J connectivity index is 3.35. The summed E-state index contributed by atoms with van der Waals surface area (Å²) in [5.41, 5.74) is -0.423. The summed E-state index contributed by atoms with van der Waals surface area (Å²) in [6.07, 6.45) is 0.775. The van der Waals surface area contributed by atoms with E-state index in [1.54, 1.807) is 0 Å². The highest BCUT2D eigenvalue weighted by Gasteiger charge is 2.25. The van der Waals surface area contributed by atoms with Gasteiger partial charge < -0.3 is 4.74 Å². The smallest absolute Gasteiger partial charge is 0.160 e. The normalized spacial score (nSPS) is 11.8. The zero-order valence-electron chi connectivity index (χ0n) is 9.51. The summed E-state index contributed by atoms with van der Waals surface area (Å²) in [5.74, 6) is 0.264. The van der Waals surface area contributed by atoms with E-state index in [9.17, 15) is 0 Å². The average molecular weight is 336 g/mol. The van der Waals surface area contributed by atoms with Crippen LogP contribution in [0.25, 0.3) is 0 Å². The lowest BCUT2D eigenvalue weighted by Crippen LogP contribution is -2.27. The summed E-state index contributed by atoms with van der Waals surface area (Å²) < 4.78 is 5.74. The highest BCUT2D eigenvalue weighted by molar-refractivity contribution is 6.55.